The quantitative estimate of drug-likeness (QED) is 0.167. The number of carbonyl (C=O) groups excluding carboxylic acids is 1. The summed E-state index contributed by atoms with van der Waals surface area (Å²) in [7, 11) is -3.46. The SMILES string of the molecule is Cc1nc(C(=O)NC(N)=NCCCCc2ccc(OCCCS(N)(=O)=O)cc2)c(N)nc1N. The van der Waals surface area contributed by atoms with Crippen LogP contribution in [0.15, 0.2) is 29.3 Å². The van der Waals surface area contributed by atoms with Crippen LogP contribution in [-0.4, -0.2) is 49.2 Å². The van der Waals surface area contributed by atoms with Crippen molar-refractivity contribution in [3.63, 3.8) is 0 Å². The Bertz CT molecular complexity index is 1090. The van der Waals surface area contributed by atoms with Gasteiger partial charge in [0.15, 0.2) is 17.5 Å². The number of carbonyl (C=O) groups is 1. The van der Waals surface area contributed by atoms with Crippen molar-refractivity contribution in [3.05, 3.63) is 41.2 Å². The molecule has 0 aliphatic carbocycles. The zero-order valence-corrected chi connectivity index (χ0v) is 19.3. The van der Waals surface area contributed by atoms with Crippen molar-refractivity contribution in [2.24, 2.45) is 15.9 Å². The Labute approximate surface area is 192 Å². The summed E-state index contributed by atoms with van der Waals surface area (Å²) in [6, 6.07) is 7.58. The number of aliphatic imine (C=N–C) groups is 1. The van der Waals surface area contributed by atoms with Gasteiger partial charge in [0.25, 0.3) is 5.91 Å². The van der Waals surface area contributed by atoms with E-state index in [1.807, 2.05) is 24.3 Å². The van der Waals surface area contributed by atoms with E-state index in [9.17, 15) is 13.2 Å². The Morgan fingerprint density at radius 1 is 1.09 bits per heavy atom. The number of hydrogen-bond donors (Lipinski definition) is 5. The number of aromatic nitrogens is 2. The summed E-state index contributed by atoms with van der Waals surface area (Å²) in [5, 5.41) is 7.39. The number of benzene rings is 1. The summed E-state index contributed by atoms with van der Waals surface area (Å²) in [6.07, 6.45) is 2.82. The van der Waals surface area contributed by atoms with Crippen LogP contribution in [0.25, 0.3) is 0 Å². The number of primary sulfonamides is 1. The fraction of sp³-hybridized carbons (Fsp3) is 0.400. The number of anilines is 2. The number of nitrogens with two attached hydrogens (primary N) is 4. The minimum Gasteiger partial charge on any atom is -0.494 e. The molecule has 2 aromatic rings. The Kier molecular flexibility index (Phi) is 9.36. The first-order valence-electron chi connectivity index (χ1n) is 10.3. The largest absolute Gasteiger partial charge is 0.494 e. The second kappa shape index (κ2) is 12.0. The van der Waals surface area contributed by atoms with Gasteiger partial charge in [-0.25, -0.2) is 23.5 Å². The number of amides is 1. The highest BCUT2D eigenvalue weighted by Crippen LogP contribution is 2.14. The van der Waals surface area contributed by atoms with E-state index in [1.54, 1.807) is 6.92 Å². The van der Waals surface area contributed by atoms with E-state index in [1.165, 1.54) is 0 Å². The maximum Gasteiger partial charge on any atom is 0.280 e. The molecule has 13 heteroatoms. The van der Waals surface area contributed by atoms with Crippen LogP contribution in [0.3, 0.4) is 0 Å². The average molecular weight is 479 g/mol. The average Bonchev–Trinajstić information content (AvgIpc) is 2.73. The van der Waals surface area contributed by atoms with E-state index in [2.05, 4.69) is 20.3 Å². The highest BCUT2D eigenvalue weighted by molar-refractivity contribution is 7.89. The fourth-order valence-corrected chi connectivity index (χ4v) is 3.29. The standard InChI is InChI=1S/C20H30N8O4S/c1-13-17(21)27-18(22)16(26-13)19(29)28-20(23)25-10-3-2-5-14-6-8-15(9-7-14)32-11-4-12-33(24,30)31/h6-9H,2-5,10-12H2,1H3,(H4,21,22,27)(H2,24,30,31)(H3,23,25,28,29). The van der Waals surface area contributed by atoms with Crippen molar-refractivity contribution < 1.29 is 17.9 Å². The molecular formula is C20H30N8O4S. The van der Waals surface area contributed by atoms with Crippen LogP contribution in [0.1, 0.15) is 41.0 Å². The molecule has 0 atom stereocenters. The number of unbranched alkanes of at least 4 members (excludes halogenated alkanes) is 1. The molecule has 1 aromatic carbocycles. The topological polar surface area (TPSA) is 215 Å². The van der Waals surface area contributed by atoms with Gasteiger partial charge in [0.05, 0.1) is 18.1 Å². The number of nitrogens with one attached hydrogen (secondary N) is 1. The first-order valence-corrected chi connectivity index (χ1v) is 12.0. The molecule has 1 heterocycles. The summed E-state index contributed by atoms with van der Waals surface area (Å²) < 4.78 is 27.3. The van der Waals surface area contributed by atoms with Crippen molar-refractivity contribution in [3.8, 4) is 5.75 Å². The molecule has 0 radical (unpaired) electrons. The molecule has 180 valence electrons. The number of nitrogen functional groups attached to an aromatic ring is 2. The first-order chi connectivity index (χ1) is 15.5. The highest BCUT2D eigenvalue weighted by Gasteiger charge is 2.15. The normalized spacial score (nSPS) is 11.9. The third kappa shape index (κ3) is 9.29. The van der Waals surface area contributed by atoms with Crippen LogP contribution in [0.2, 0.25) is 0 Å². The smallest absolute Gasteiger partial charge is 0.280 e. The van der Waals surface area contributed by atoms with E-state index < -0.39 is 15.9 Å². The molecule has 9 N–H and O–H groups in total. The van der Waals surface area contributed by atoms with Gasteiger partial charge in [0.2, 0.25) is 10.0 Å². The second-order valence-corrected chi connectivity index (χ2v) is 9.05. The monoisotopic (exact) mass is 478 g/mol. The molecule has 0 unspecified atom stereocenters. The second-order valence-electron chi connectivity index (χ2n) is 7.32. The van der Waals surface area contributed by atoms with E-state index >= 15 is 0 Å². The van der Waals surface area contributed by atoms with Crippen LogP contribution < -0.4 is 32.4 Å². The van der Waals surface area contributed by atoms with E-state index in [4.69, 9.17) is 27.1 Å². The van der Waals surface area contributed by atoms with Gasteiger partial charge >= 0.3 is 0 Å². The lowest BCUT2D eigenvalue weighted by Crippen LogP contribution is -2.38. The number of guanidine groups is 1. The fourth-order valence-electron chi connectivity index (χ4n) is 2.77. The molecule has 0 aliphatic heterocycles. The first kappa shape index (κ1) is 25.8. The lowest BCUT2D eigenvalue weighted by molar-refractivity contribution is 0.0972. The van der Waals surface area contributed by atoms with Crippen LogP contribution in [0.5, 0.6) is 5.75 Å². The Hall–Kier alpha value is -3.45. The van der Waals surface area contributed by atoms with Gasteiger partial charge in [-0.15, -0.1) is 0 Å². The molecule has 0 aliphatic rings. The molecule has 0 saturated heterocycles. The highest BCUT2D eigenvalue weighted by atomic mass is 32.2. The number of rotatable bonds is 11. The molecule has 1 aromatic heterocycles. The zero-order chi connectivity index (χ0) is 24.4. The van der Waals surface area contributed by atoms with Gasteiger partial charge in [-0.2, -0.15) is 0 Å². The van der Waals surface area contributed by atoms with E-state index in [0.717, 1.165) is 24.8 Å². The Balaban J connectivity index is 1.69. The molecule has 0 saturated carbocycles. The number of ether oxygens (including phenoxy) is 1. The van der Waals surface area contributed by atoms with Gasteiger partial charge in [-0.05, 0) is 50.3 Å². The predicted molar refractivity (Wildman–Crippen MR) is 127 cm³/mol. The minimum absolute atomic E-state index is 0.0281. The van der Waals surface area contributed by atoms with Crippen molar-refractivity contribution >= 4 is 33.5 Å². The van der Waals surface area contributed by atoms with Gasteiger partial charge in [0, 0.05) is 6.54 Å². The summed E-state index contributed by atoms with van der Waals surface area (Å²) in [5.41, 5.74) is 18.5. The lowest BCUT2D eigenvalue weighted by Gasteiger charge is -2.08. The van der Waals surface area contributed by atoms with Gasteiger partial charge < -0.3 is 21.9 Å². The lowest BCUT2D eigenvalue weighted by atomic mass is 10.1. The van der Waals surface area contributed by atoms with E-state index in [0.29, 0.717) is 24.4 Å². The molecular weight excluding hydrogens is 448 g/mol. The molecule has 33 heavy (non-hydrogen) atoms. The van der Waals surface area contributed by atoms with E-state index in [-0.39, 0.29) is 35.6 Å². The van der Waals surface area contributed by atoms with Crippen molar-refractivity contribution in [1.82, 2.24) is 15.3 Å². The van der Waals surface area contributed by atoms with Gasteiger partial charge in [-0.1, -0.05) is 12.1 Å². The Morgan fingerprint density at radius 2 is 1.79 bits per heavy atom. The van der Waals surface area contributed by atoms with Crippen molar-refractivity contribution in [2.45, 2.75) is 32.6 Å². The number of hydrogen-bond acceptors (Lipinski definition) is 9. The van der Waals surface area contributed by atoms with Gasteiger partial charge in [-0.3, -0.25) is 15.1 Å². The number of nitrogens with zero attached hydrogens (tertiary/aromatic N) is 3. The van der Waals surface area contributed by atoms with Crippen molar-refractivity contribution in [1.29, 1.82) is 0 Å². The summed E-state index contributed by atoms with van der Waals surface area (Å²) >= 11 is 0. The maximum absolute atomic E-state index is 12.2. The maximum atomic E-state index is 12.2. The molecule has 2 rings (SSSR count). The molecule has 0 fully saturated rings. The minimum atomic E-state index is -3.46. The molecule has 1 amide bonds. The van der Waals surface area contributed by atoms with Crippen LogP contribution in [0, 0.1) is 6.92 Å². The van der Waals surface area contributed by atoms with Crippen LogP contribution in [0.4, 0.5) is 11.6 Å². The molecule has 0 spiro atoms. The molecule has 0 bridgehead atoms. The molecule has 12 nitrogen and oxygen atoms in total. The van der Waals surface area contributed by atoms with Crippen molar-refractivity contribution in [2.75, 3.05) is 30.4 Å². The summed E-state index contributed by atoms with van der Waals surface area (Å²) in [5.74, 6) is 0.0143. The number of aryl methyl sites for hydroxylation is 2. The third-order valence-corrected chi connectivity index (χ3v) is 5.37. The van der Waals surface area contributed by atoms with Crippen LogP contribution >= 0.6 is 0 Å². The zero-order valence-electron chi connectivity index (χ0n) is 18.5. The predicted octanol–water partition coefficient (Wildman–Crippen LogP) is 0.0742. The Morgan fingerprint density at radius 3 is 2.45 bits per heavy atom. The summed E-state index contributed by atoms with van der Waals surface area (Å²) in [6.45, 7) is 2.34. The van der Waals surface area contributed by atoms with Gasteiger partial charge in [0.1, 0.15) is 11.6 Å². The number of sulfonamides is 1. The third-order valence-electron chi connectivity index (χ3n) is 4.51. The summed E-state index contributed by atoms with van der Waals surface area (Å²) in [4.78, 5) is 24.3. The van der Waals surface area contributed by atoms with Crippen LogP contribution in [-0.2, 0) is 16.4 Å².